The number of amides is 2. The van der Waals surface area contributed by atoms with Crippen LogP contribution in [0.2, 0.25) is 0 Å². The van der Waals surface area contributed by atoms with E-state index in [9.17, 15) is 9.90 Å². The number of aliphatic hydroxyl groups is 1. The summed E-state index contributed by atoms with van der Waals surface area (Å²) in [7, 11) is 0. The van der Waals surface area contributed by atoms with Crippen LogP contribution in [0.15, 0.2) is 47.2 Å². The summed E-state index contributed by atoms with van der Waals surface area (Å²) in [5, 5.41) is 26.4. The summed E-state index contributed by atoms with van der Waals surface area (Å²) in [6.07, 6.45) is 0. The number of aromatic amines is 1. The molecule has 136 valence electrons. The Morgan fingerprint density at radius 2 is 2.12 bits per heavy atom. The van der Waals surface area contributed by atoms with Crippen LogP contribution in [-0.4, -0.2) is 27.9 Å². The highest BCUT2D eigenvalue weighted by molar-refractivity contribution is 7.08. The first-order chi connectivity index (χ1) is 12.4. The topological polar surface area (TPSA) is 99.3 Å². The van der Waals surface area contributed by atoms with E-state index in [1.54, 1.807) is 37.3 Å². The Morgan fingerprint density at radius 3 is 2.73 bits per heavy atom. The Balaban J connectivity index is 1.51. The number of hydrogen-bond donors (Lipinski definition) is 4. The Hall–Kier alpha value is -2.84. The number of carbonyl (C=O) groups excluding carboxylic acids is 1. The van der Waals surface area contributed by atoms with E-state index in [4.69, 9.17) is 4.74 Å². The maximum atomic E-state index is 12.0. The van der Waals surface area contributed by atoms with Gasteiger partial charge in [-0.25, -0.2) is 4.79 Å². The molecule has 0 aliphatic carbocycles. The van der Waals surface area contributed by atoms with Crippen LogP contribution in [0.25, 0.3) is 0 Å². The third kappa shape index (κ3) is 4.62. The number of rotatable bonds is 6. The predicted octanol–water partition coefficient (Wildman–Crippen LogP) is 3.60. The molecule has 0 radical (unpaired) electrons. The molecule has 1 atom stereocenters. The molecular formula is C18H20N4O3S. The smallest absolute Gasteiger partial charge is 0.319 e. The summed E-state index contributed by atoms with van der Waals surface area (Å²) in [5.74, 6) is 1.10. The molecule has 0 saturated carbocycles. The average molecular weight is 372 g/mol. The second-order valence-corrected chi connectivity index (χ2v) is 6.89. The maximum absolute atomic E-state index is 12.0. The zero-order valence-electron chi connectivity index (χ0n) is 14.4. The second kappa shape index (κ2) is 7.59. The van der Waals surface area contributed by atoms with Gasteiger partial charge in [-0.15, -0.1) is 5.10 Å². The average Bonchev–Trinajstić information content (AvgIpc) is 3.27. The minimum absolute atomic E-state index is 0.106. The lowest BCUT2D eigenvalue weighted by Gasteiger charge is -2.22. The highest BCUT2D eigenvalue weighted by Gasteiger charge is 2.24. The van der Waals surface area contributed by atoms with Crippen molar-refractivity contribution in [2.45, 2.75) is 19.4 Å². The lowest BCUT2D eigenvalue weighted by atomic mass is 9.99. The number of thiophene rings is 1. The van der Waals surface area contributed by atoms with Crippen molar-refractivity contribution in [1.82, 2.24) is 15.5 Å². The molecule has 0 aliphatic heterocycles. The van der Waals surface area contributed by atoms with Gasteiger partial charge in [0.1, 0.15) is 11.4 Å². The summed E-state index contributed by atoms with van der Waals surface area (Å²) >= 11 is 1.50. The lowest BCUT2D eigenvalue weighted by molar-refractivity contribution is 0.0604. The predicted molar refractivity (Wildman–Crippen MR) is 101 cm³/mol. The van der Waals surface area contributed by atoms with E-state index in [1.165, 1.54) is 11.3 Å². The fourth-order valence-electron chi connectivity index (χ4n) is 2.27. The van der Waals surface area contributed by atoms with E-state index < -0.39 is 11.6 Å². The molecule has 2 amide bonds. The van der Waals surface area contributed by atoms with Crippen LogP contribution in [0.3, 0.4) is 0 Å². The van der Waals surface area contributed by atoms with Gasteiger partial charge >= 0.3 is 6.03 Å². The van der Waals surface area contributed by atoms with Crippen molar-refractivity contribution in [2.24, 2.45) is 0 Å². The monoisotopic (exact) mass is 372 g/mol. The Bertz CT molecular complexity index is 857. The van der Waals surface area contributed by atoms with Gasteiger partial charge in [0.25, 0.3) is 0 Å². The molecule has 0 spiro atoms. The summed E-state index contributed by atoms with van der Waals surface area (Å²) in [6, 6.07) is 10.2. The number of ether oxygens (including phenoxy) is 1. The summed E-state index contributed by atoms with van der Waals surface area (Å²) in [5.41, 5.74) is 1.19. The normalized spacial score (nSPS) is 13.0. The third-order valence-corrected chi connectivity index (χ3v) is 4.44. The first-order valence-electron chi connectivity index (χ1n) is 8.02. The van der Waals surface area contributed by atoms with Crippen LogP contribution in [0.5, 0.6) is 11.6 Å². The molecule has 3 aromatic rings. The largest absolute Gasteiger partial charge is 0.438 e. The van der Waals surface area contributed by atoms with Crippen molar-refractivity contribution in [3.05, 3.63) is 58.4 Å². The van der Waals surface area contributed by atoms with Crippen molar-refractivity contribution in [1.29, 1.82) is 0 Å². The van der Waals surface area contributed by atoms with Crippen LogP contribution in [0, 0.1) is 6.92 Å². The van der Waals surface area contributed by atoms with Crippen LogP contribution in [-0.2, 0) is 5.60 Å². The van der Waals surface area contributed by atoms with E-state index in [0.717, 1.165) is 11.3 Å². The summed E-state index contributed by atoms with van der Waals surface area (Å²) in [4.78, 5) is 12.0. The summed E-state index contributed by atoms with van der Waals surface area (Å²) < 4.78 is 5.59. The SMILES string of the molecule is Cc1cc(Oc2ccc(NC(=O)NC[C@@](C)(O)c3ccsc3)cc2)n[nH]1. The van der Waals surface area contributed by atoms with Crippen LogP contribution < -0.4 is 15.4 Å². The van der Waals surface area contributed by atoms with Crippen molar-refractivity contribution >= 4 is 23.1 Å². The number of H-pyrrole nitrogens is 1. The van der Waals surface area contributed by atoms with Gasteiger partial charge in [-0.1, -0.05) is 0 Å². The molecule has 3 rings (SSSR count). The second-order valence-electron chi connectivity index (χ2n) is 6.11. The van der Waals surface area contributed by atoms with Crippen LogP contribution >= 0.6 is 11.3 Å². The fourth-order valence-corrected chi connectivity index (χ4v) is 3.06. The molecule has 0 unspecified atom stereocenters. The molecule has 0 fully saturated rings. The first kappa shape index (κ1) is 18.0. The maximum Gasteiger partial charge on any atom is 0.319 e. The minimum atomic E-state index is -1.11. The lowest BCUT2D eigenvalue weighted by Crippen LogP contribution is -2.40. The van der Waals surface area contributed by atoms with Crippen molar-refractivity contribution in [2.75, 3.05) is 11.9 Å². The molecule has 7 nitrogen and oxygen atoms in total. The Labute approximate surface area is 155 Å². The van der Waals surface area contributed by atoms with Gasteiger partial charge in [0, 0.05) is 17.4 Å². The van der Waals surface area contributed by atoms with E-state index >= 15 is 0 Å². The number of anilines is 1. The van der Waals surface area contributed by atoms with Gasteiger partial charge in [0.15, 0.2) is 0 Å². The van der Waals surface area contributed by atoms with E-state index in [0.29, 0.717) is 17.3 Å². The van der Waals surface area contributed by atoms with Crippen LogP contribution in [0.1, 0.15) is 18.2 Å². The number of hydrogen-bond acceptors (Lipinski definition) is 5. The fraction of sp³-hybridized carbons (Fsp3) is 0.222. The minimum Gasteiger partial charge on any atom is -0.438 e. The quantitative estimate of drug-likeness (QED) is 0.531. The van der Waals surface area contributed by atoms with Gasteiger partial charge < -0.3 is 20.5 Å². The van der Waals surface area contributed by atoms with Crippen LogP contribution in [0.4, 0.5) is 10.5 Å². The third-order valence-electron chi connectivity index (χ3n) is 3.75. The van der Waals surface area contributed by atoms with Gasteiger partial charge in [0.2, 0.25) is 5.88 Å². The number of urea groups is 1. The number of aryl methyl sites for hydroxylation is 1. The first-order valence-corrected chi connectivity index (χ1v) is 8.96. The number of nitrogens with one attached hydrogen (secondary N) is 3. The van der Waals surface area contributed by atoms with Gasteiger partial charge in [-0.05, 0) is 60.5 Å². The Kier molecular flexibility index (Phi) is 5.24. The zero-order chi connectivity index (χ0) is 18.6. The molecule has 26 heavy (non-hydrogen) atoms. The molecular weight excluding hydrogens is 352 g/mol. The van der Waals surface area contributed by atoms with Crippen molar-refractivity contribution in [3.8, 4) is 11.6 Å². The van der Waals surface area contributed by atoms with E-state index in [2.05, 4.69) is 20.8 Å². The number of aromatic nitrogens is 2. The summed E-state index contributed by atoms with van der Waals surface area (Å²) in [6.45, 7) is 3.66. The number of benzene rings is 1. The number of nitrogens with zero attached hydrogens (tertiary/aromatic N) is 1. The van der Waals surface area contributed by atoms with E-state index in [-0.39, 0.29) is 6.54 Å². The van der Waals surface area contributed by atoms with E-state index in [1.807, 2.05) is 23.8 Å². The molecule has 4 N–H and O–H groups in total. The van der Waals surface area contributed by atoms with Gasteiger partial charge in [0.05, 0.1) is 6.54 Å². The zero-order valence-corrected chi connectivity index (χ0v) is 15.3. The van der Waals surface area contributed by atoms with Crippen molar-refractivity contribution < 1.29 is 14.6 Å². The van der Waals surface area contributed by atoms with Gasteiger partial charge in [-0.3, -0.25) is 5.10 Å². The van der Waals surface area contributed by atoms with Crippen molar-refractivity contribution in [3.63, 3.8) is 0 Å². The molecule has 0 bridgehead atoms. The Morgan fingerprint density at radius 1 is 1.35 bits per heavy atom. The molecule has 2 heterocycles. The molecule has 0 aliphatic rings. The van der Waals surface area contributed by atoms with Gasteiger partial charge in [-0.2, -0.15) is 11.3 Å². The highest BCUT2D eigenvalue weighted by atomic mass is 32.1. The molecule has 8 heteroatoms. The molecule has 2 aromatic heterocycles. The standard InChI is InChI=1S/C18H20N4O3S/c1-12-9-16(22-21-12)25-15-5-3-14(4-6-15)20-17(23)19-11-18(2,24)13-7-8-26-10-13/h3-10,24H,11H2,1-2H3,(H,21,22)(H2,19,20,23)/t18-/m1/s1. The molecule has 0 saturated heterocycles. The highest BCUT2D eigenvalue weighted by Crippen LogP contribution is 2.23. The molecule has 1 aromatic carbocycles. The number of carbonyl (C=O) groups is 1.